The van der Waals surface area contributed by atoms with Crippen molar-refractivity contribution in [1.82, 2.24) is 4.90 Å². The van der Waals surface area contributed by atoms with E-state index in [0.29, 0.717) is 0 Å². The quantitative estimate of drug-likeness (QED) is 0.782. The van der Waals surface area contributed by atoms with Gasteiger partial charge in [-0.3, -0.25) is 4.90 Å². The first-order chi connectivity index (χ1) is 7.46. The highest BCUT2D eigenvalue weighted by molar-refractivity contribution is 5.95. The minimum Gasteiger partial charge on any atom is -0.371 e. The molecule has 0 unspecified atom stereocenters. The van der Waals surface area contributed by atoms with E-state index in [4.69, 9.17) is 0 Å². The number of likely N-dealkylation sites (N-methyl/N-ethyl adjacent to an activating group) is 1. The largest absolute Gasteiger partial charge is 0.371 e. The molecule has 1 aliphatic rings. The van der Waals surface area contributed by atoms with Crippen LogP contribution in [0, 0.1) is 0 Å². The second kappa shape index (κ2) is 3.49. The number of aliphatic hydroxyl groups excluding tert-OH is 1. The third-order valence-corrected chi connectivity index (χ3v) is 3.27. The smallest absolute Gasteiger partial charge is 0.327 e. The van der Waals surface area contributed by atoms with E-state index in [1.807, 2.05) is 44.2 Å². The van der Waals surface area contributed by atoms with Gasteiger partial charge < -0.3 is 10.0 Å². The van der Waals surface area contributed by atoms with Crippen molar-refractivity contribution < 1.29 is 9.90 Å². The Morgan fingerprint density at radius 1 is 1.25 bits per heavy atom. The minimum atomic E-state index is -0.826. The predicted octanol–water partition coefficient (Wildman–Crippen LogP) is 1.66. The SMILES string of the molecule is CN1C(=O)N(c2ccccc2)[C@@H](O)C1(C)C. The van der Waals surface area contributed by atoms with Crippen LogP contribution in [0.25, 0.3) is 0 Å². The van der Waals surface area contributed by atoms with Crippen LogP contribution in [0.2, 0.25) is 0 Å². The Bertz CT molecular complexity index is 403. The molecule has 1 heterocycles. The van der Waals surface area contributed by atoms with Gasteiger partial charge in [0.2, 0.25) is 0 Å². The summed E-state index contributed by atoms with van der Waals surface area (Å²) in [7, 11) is 1.70. The molecule has 1 aromatic rings. The van der Waals surface area contributed by atoms with Gasteiger partial charge in [-0.25, -0.2) is 4.79 Å². The fourth-order valence-electron chi connectivity index (χ4n) is 1.84. The van der Waals surface area contributed by atoms with Crippen LogP contribution in [0.15, 0.2) is 30.3 Å². The number of nitrogens with zero attached hydrogens (tertiary/aromatic N) is 2. The summed E-state index contributed by atoms with van der Waals surface area (Å²) >= 11 is 0. The van der Waals surface area contributed by atoms with Gasteiger partial charge in [-0.2, -0.15) is 0 Å². The van der Waals surface area contributed by atoms with Crippen molar-refractivity contribution in [3.8, 4) is 0 Å². The molecule has 2 amide bonds. The molecule has 0 spiro atoms. The molecule has 1 aliphatic heterocycles. The fraction of sp³-hybridized carbons (Fsp3) is 0.417. The van der Waals surface area contributed by atoms with Crippen molar-refractivity contribution in [1.29, 1.82) is 0 Å². The number of amides is 2. The van der Waals surface area contributed by atoms with Crippen LogP contribution in [0.5, 0.6) is 0 Å². The molecule has 1 fully saturated rings. The lowest BCUT2D eigenvalue weighted by Gasteiger charge is -2.29. The number of carbonyl (C=O) groups excluding carboxylic acids is 1. The van der Waals surface area contributed by atoms with E-state index in [1.165, 1.54) is 4.90 Å². The first-order valence-electron chi connectivity index (χ1n) is 5.26. The van der Waals surface area contributed by atoms with Crippen LogP contribution in [-0.2, 0) is 0 Å². The normalized spacial score (nSPS) is 24.0. The van der Waals surface area contributed by atoms with Crippen LogP contribution in [0.3, 0.4) is 0 Å². The van der Waals surface area contributed by atoms with Crippen molar-refractivity contribution in [2.24, 2.45) is 0 Å². The first kappa shape index (κ1) is 11.0. The number of urea groups is 1. The van der Waals surface area contributed by atoms with Gasteiger partial charge in [-0.15, -0.1) is 0 Å². The highest BCUT2D eigenvalue weighted by atomic mass is 16.3. The number of hydrogen-bond donors (Lipinski definition) is 1. The summed E-state index contributed by atoms with van der Waals surface area (Å²) in [6.07, 6.45) is -0.826. The summed E-state index contributed by atoms with van der Waals surface area (Å²) in [5.74, 6) is 0. The Morgan fingerprint density at radius 3 is 2.25 bits per heavy atom. The van der Waals surface area contributed by atoms with Crippen molar-refractivity contribution in [3.05, 3.63) is 30.3 Å². The molecule has 4 nitrogen and oxygen atoms in total. The lowest BCUT2D eigenvalue weighted by atomic mass is 10.0. The summed E-state index contributed by atoms with van der Waals surface area (Å²) < 4.78 is 0. The Hall–Kier alpha value is -1.55. The van der Waals surface area contributed by atoms with Crippen LogP contribution in [-0.4, -0.2) is 34.9 Å². The number of hydrogen-bond acceptors (Lipinski definition) is 2. The number of benzene rings is 1. The first-order valence-corrected chi connectivity index (χ1v) is 5.26. The van der Waals surface area contributed by atoms with Crippen molar-refractivity contribution >= 4 is 11.7 Å². The van der Waals surface area contributed by atoms with Gasteiger partial charge in [-0.1, -0.05) is 18.2 Å². The van der Waals surface area contributed by atoms with Crippen LogP contribution in [0.1, 0.15) is 13.8 Å². The van der Waals surface area contributed by atoms with E-state index >= 15 is 0 Å². The predicted molar refractivity (Wildman–Crippen MR) is 62.2 cm³/mol. The second-order valence-corrected chi connectivity index (χ2v) is 4.57. The van der Waals surface area contributed by atoms with E-state index in [-0.39, 0.29) is 6.03 Å². The Labute approximate surface area is 95.1 Å². The Kier molecular flexibility index (Phi) is 2.39. The van der Waals surface area contributed by atoms with Gasteiger partial charge in [0.25, 0.3) is 0 Å². The molecule has 1 atom stereocenters. The van der Waals surface area contributed by atoms with Gasteiger partial charge in [0.15, 0.2) is 6.23 Å². The third-order valence-electron chi connectivity index (χ3n) is 3.27. The maximum atomic E-state index is 12.0. The molecule has 0 saturated carbocycles. The molecular formula is C12H16N2O2. The van der Waals surface area contributed by atoms with Crippen molar-refractivity contribution in [2.45, 2.75) is 25.6 Å². The summed E-state index contributed by atoms with van der Waals surface area (Å²) in [4.78, 5) is 15.0. The third kappa shape index (κ3) is 1.38. The number of anilines is 1. The van der Waals surface area contributed by atoms with Crippen LogP contribution in [0.4, 0.5) is 10.5 Å². The maximum Gasteiger partial charge on any atom is 0.327 e. The molecule has 1 aromatic carbocycles. The maximum absolute atomic E-state index is 12.0. The summed E-state index contributed by atoms with van der Waals surface area (Å²) in [5.41, 5.74) is 0.143. The molecule has 0 aliphatic carbocycles. The molecule has 2 rings (SSSR count). The topological polar surface area (TPSA) is 43.8 Å². The monoisotopic (exact) mass is 220 g/mol. The highest BCUT2D eigenvalue weighted by Gasteiger charge is 2.49. The van der Waals surface area contributed by atoms with Gasteiger partial charge >= 0.3 is 6.03 Å². The fourth-order valence-corrected chi connectivity index (χ4v) is 1.84. The van der Waals surface area contributed by atoms with Crippen molar-refractivity contribution in [2.75, 3.05) is 11.9 Å². The molecular weight excluding hydrogens is 204 g/mol. The van der Waals surface area contributed by atoms with Gasteiger partial charge in [0.1, 0.15) is 0 Å². The Balaban J connectivity index is 2.41. The molecule has 1 N–H and O–H groups in total. The minimum absolute atomic E-state index is 0.177. The average Bonchev–Trinajstić information content (AvgIpc) is 2.42. The molecule has 1 saturated heterocycles. The molecule has 0 radical (unpaired) electrons. The van der Waals surface area contributed by atoms with E-state index in [2.05, 4.69) is 0 Å². The number of aliphatic hydroxyl groups is 1. The highest BCUT2D eigenvalue weighted by Crippen LogP contribution is 2.33. The Morgan fingerprint density at radius 2 is 1.81 bits per heavy atom. The summed E-state index contributed by atoms with van der Waals surface area (Å²) in [6, 6.07) is 9.03. The zero-order valence-corrected chi connectivity index (χ0v) is 9.71. The summed E-state index contributed by atoms with van der Waals surface area (Å²) in [5, 5.41) is 10.2. The molecule has 16 heavy (non-hydrogen) atoms. The zero-order valence-electron chi connectivity index (χ0n) is 9.71. The van der Waals surface area contributed by atoms with E-state index in [1.54, 1.807) is 11.9 Å². The number of para-hydroxylation sites is 1. The van der Waals surface area contributed by atoms with E-state index < -0.39 is 11.8 Å². The van der Waals surface area contributed by atoms with E-state index in [9.17, 15) is 9.90 Å². The lowest BCUT2D eigenvalue weighted by Crippen LogP contribution is -2.45. The zero-order chi connectivity index (χ0) is 11.9. The lowest BCUT2D eigenvalue weighted by molar-refractivity contribution is 0.0725. The van der Waals surface area contributed by atoms with Crippen molar-refractivity contribution in [3.63, 3.8) is 0 Å². The van der Waals surface area contributed by atoms with Crippen LogP contribution >= 0.6 is 0 Å². The van der Waals surface area contributed by atoms with Gasteiger partial charge in [0.05, 0.1) is 5.54 Å². The molecule has 0 bridgehead atoms. The molecule has 0 aromatic heterocycles. The number of rotatable bonds is 1. The molecule has 4 heteroatoms. The summed E-state index contributed by atoms with van der Waals surface area (Å²) in [6.45, 7) is 3.69. The molecule has 86 valence electrons. The number of carbonyl (C=O) groups is 1. The average molecular weight is 220 g/mol. The standard InChI is InChI=1S/C12H16N2O2/c1-12(2)10(15)14(11(16)13(12)3)9-7-5-4-6-8-9/h4-8,10,15H,1-3H3/t10-/m0/s1. The van der Waals surface area contributed by atoms with E-state index in [0.717, 1.165) is 5.69 Å². The van der Waals surface area contributed by atoms with Gasteiger partial charge in [0, 0.05) is 12.7 Å². The second-order valence-electron chi connectivity index (χ2n) is 4.57. The van der Waals surface area contributed by atoms with Crippen LogP contribution < -0.4 is 4.90 Å². The van der Waals surface area contributed by atoms with Gasteiger partial charge in [-0.05, 0) is 26.0 Å².